The van der Waals surface area contributed by atoms with E-state index in [1.54, 1.807) is 25.1 Å². The fourth-order valence-electron chi connectivity index (χ4n) is 1.75. The van der Waals surface area contributed by atoms with Gasteiger partial charge in [0.1, 0.15) is 0 Å². The molecule has 8 heteroatoms. The Bertz CT molecular complexity index is 645. The Morgan fingerprint density at radius 3 is 2.81 bits per heavy atom. The van der Waals surface area contributed by atoms with Crippen molar-refractivity contribution in [2.45, 2.75) is 26.4 Å². The highest BCUT2D eigenvalue weighted by Crippen LogP contribution is 2.25. The van der Waals surface area contributed by atoms with Gasteiger partial charge in [0.2, 0.25) is 5.89 Å². The molecule has 1 aromatic heterocycles. The van der Waals surface area contributed by atoms with Gasteiger partial charge in [0, 0.05) is 10.0 Å². The van der Waals surface area contributed by atoms with Gasteiger partial charge in [-0.05, 0) is 31.5 Å². The van der Waals surface area contributed by atoms with Crippen LogP contribution < -0.4 is 10.6 Å². The van der Waals surface area contributed by atoms with Crippen molar-refractivity contribution in [1.29, 1.82) is 0 Å². The summed E-state index contributed by atoms with van der Waals surface area (Å²) in [7, 11) is 0. The summed E-state index contributed by atoms with van der Waals surface area (Å²) in [6, 6.07) is 4.51. The summed E-state index contributed by atoms with van der Waals surface area (Å²) >= 11 is 11.9. The Morgan fingerprint density at radius 2 is 2.19 bits per heavy atom. The van der Waals surface area contributed by atoms with Crippen LogP contribution in [0.2, 0.25) is 10.0 Å². The number of rotatable bonds is 4. The van der Waals surface area contributed by atoms with E-state index in [0.29, 0.717) is 21.8 Å². The number of amides is 2. The Kier molecular flexibility index (Phi) is 5.03. The number of aromatic nitrogens is 2. The van der Waals surface area contributed by atoms with E-state index in [9.17, 15) is 4.79 Å². The van der Waals surface area contributed by atoms with Gasteiger partial charge in [-0.1, -0.05) is 34.4 Å². The quantitative estimate of drug-likeness (QED) is 0.902. The van der Waals surface area contributed by atoms with Gasteiger partial charge in [-0.3, -0.25) is 0 Å². The maximum atomic E-state index is 11.8. The van der Waals surface area contributed by atoms with Gasteiger partial charge in [0.25, 0.3) is 0 Å². The Morgan fingerprint density at radius 1 is 1.43 bits per heavy atom. The smallest absolute Gasteiger partial charge is 0.315 e. The highest BCUT2D eigenvalue weighted by atomic mass is 35.5. The number of carbonyl (C=O) groups excluding carboxylic acids is 1. The van der Waals surface area contributed by atoms with Crippen LogP contribution in [-0.4, -0.2) is 16.2 Å². The number of halogens is 2. The van der Waals surface area contributed by atoms with Gasteiger partial charge in [0.05, 0.1) is 12.6 Å². The van der Waals surface area contributed by atoms with Crippen LogP contribution in [0.1, 0.15) is 30.2 Å². The molecule has 1 heterocycles. The molecule has 2 aromatic rings. The molecular formula is C13H14Cl2N4O2. The Balaban J connectivity index is 1.89. The van der Waals surface area contributed by atoms with Gasteiger partial charge < -0.3 is 15.2 Å². The molecule has 0 aliphatic heterocycles. The summed E-state index contributed by atoms with van der Waals surface area (Å²) in [4.78, 5) is 15.8. The second-order valence-corrected chi connectivity index (χ2v) is 5.29. The summed E-state index contributed by atoms with van der Waals surface area (Å²) in [5, 5.41) is 10.1. The monoisotopic (exact) mass is 328 g/mol. The number of urea groups is 1. The average molecular weight is 329 g/mol. The molecule has 0 saturated carbocycles. The molecular weight excluding hydrogens is 315 g/mol. The summed E-state index contributed by atoms with van der Waals surface area (Å²) < 4.78 is 4.90. The number of carbonyl (C=O) groups is 1. The molecule has 0 aliphatic rings. The van der Waals surface area contributed by atoms with Crippen LogP contribution in [0.4, 0.5) is 4.79 Å². The lowest BCUT2D eigenvalue weighted by molar-refractivity contribution is 0.235. The first-order chi connectivity index (χ1) is 9.95. The highest BCUT2D eigenvalue weighted by molar-refractivity contribution is 6.35. The molecule has 2 N–H and O–H groups in total. The molecule has 0 unspecified atom stereocenters. The molecule has 0 radical (unpaired) electrons. The standard InChI is InChI=1S/C13H14Cl2N4O2/c1-7(10-4-3-9(14)5-11(10)15)17-13(20)16-6-12-18-8(2)19-21-12/h3-5,7H,6H2,1-2H3,(H2,16,17,20)/t7-/m1/s1. The minimum absolute atomic E-state index is 0.160. The van der Waals surface area contributed by atoms with Crippen LogP contribution in [0.15, 0.2) is 22.7 Å². The van der Waals surface area contributed by atoms with E-state index >= 15 is 0 Å². The average Bonchev–Trinajstić information content (AvgIpc) is 2.82. The van der Waals surface area contributed by atoms with E-state index in [0.717, 1.165) is 5.56 Å². The third-order valence-electron chi connectivity index (χ3n) is 2.75. The topological polar surface area (TPSA) is 80.0 Å². The van der Waals surface area contributed by atoms with Crippen LogP contribution in [-0.2, 0) is 6.54 Å². The number of aryl methyl sites for hydroxylation is 1. The van der Waals surface area contributed by atoms with Crippen LogP contribution in [0.25, 0.3) is 0 Å². The van der Waals surface area contributed by atoms with E-state index in [4.69, 9.17) is 27.7 Å². The molecule has 1 aromatic carbocycles. The van der Waals surface area contributed by atoms with E-state index in [1.165, 1.54) is 0 Å². The van der Waals surface area contributed by atoms with Crippen molar-refractivity contribution in [3.8, 4) is 0 Å². The lowest BCUT2D eigenvalue weighted by Gasteiger charge is -2.16. The summed E-state index contributed by atoms with van der Waals surface area (Å²) in [5.74, 6) is 0.869. The molecule has 1 atom stereocenters. The van der Waals surface area contributed by atoms with Crippen molar-refractivity contribution in [3.05, 3.63) is 45.5 Å². The summed E-state index contributed by atoms with van der Waals surface area (Å²) in [6.45, 7) is 3.69. The van der Waals surface area contributed by atoms with Gasteiger partial charge >= 0.3 is 6.03 Å². The zero-order valence-electron chi connectivity index (χ0n) is 11.5. The van der Waals surface area contributed by atoms with Gasteiger partial charge in [-0.25, -0.2) is 4.79 Å². The number of nitrogens with one attached hydrogen (secondary N) is 2. The van der Waals surface area contributed by atoms with E-state index in [1.807, 2.05) is 6.92 Å². The summed E-state index contributed by atoms with van der Waals surface area (Å²) in [6.07, 6.45) is 0. The van der Waals surface area contributed by atoms with Crippen molar-refractivity contribution in [2.75, 3.05) is 0 Å². The van der Waals surface area contributed by atoms with Crippen molar-refractivity contribution in [3.63, 3.8) is 0 Å². The predicted molar refractivity (Wildman–Crippen MR) is 79.3 cm³/mol. The molecule has 6 nitrogen and oxygen atoms in total. The SMILES string of the molecule is Cc1noc(CNC(=O)N[C@H](C)c2ccc(Cl)cc2Cl)n1. The van der Waals surface area contributed by atoms with E-state index < -0.39 is 0 Å². The number of nitrogens with zero attached hydrogens (tertiary/aromatic N) is 2. The second-order valence-electron chi connectivity index (χ2n) is 4.45. The normalized spacial score (nSPS) is 12.0. The third-order valence-corrected chi connectivity index (χ3v) is 3.31. The maximum Gasteiger partial charge on any atom is 0.315 e. The molecule has 0 saturated heterocycles. The minimum Gasteiger partial charge on any atom is -0.337 e. The van der Waals surface area contributed by atoms with Crippen molar-refractivity contribution < 1.29 is 9.32 Å². The van der Waals surface area contributed by atoms with Gasteiger partial charge in [-0.2, -0.15) is 4.98 Å². The second kappa shape index (κ2) is 6.78. The van der Waals surface area contributed by atoms with Gasteiger partial charge in [-0.15, -0.1) is 0 Å². The van der Waals surface area contributed by atoms with E-state index in [-0.39, 0.29) is 18.6 Å². The van der Waals surface area contributed by atoms with Crippen molar-refractivity contribution in [2.24, 2.45) is 0 Å². The fourth-order valence-corrected chi connectivity index (χ4v) is 2.32. The molecule has 0 bridgehead atoms. The Hall–Kier alpha value is -1.79. The van der Waals surface area contributed by atoms with Crippen molar-refractivity contribution in [1.82, 2.24) is 20.8 Å². The largest absolute Gasteiger partial charge is 0.337 e. The molecule has 0 spiro atoms. The first-order valence-corrected chi connectivity index (χ1v) is 7.00. The maximum absolute atomic E-state index is 11.8. The number of hydrogen-bond donors (Lipinski definition) is 2. The molecule has 0 fully saturated rings. The molecule has 2 amide bonds. The third kappa shape index (κ3) is 4.34. The number of hydrogen-bond acceptors (Lipinski definition) is 4. The minimum atomic E-state index is -0.357. The lowest BCUT2D eigenvalue weighted by Crippen LogP contribution is -2.36. The van der Waals surface area contributed by atoms with Crippen LogP contribution >= 0.6 is 23.2 Å². The molecule has 112 valence electrons. The molecule has 21 heavy (non-hydrogen) atoms. The van der Waals surface area contributed by atoms with Crippen LogP contribution in [0.3, 0.4) is 0 Å². The van der Waals surface area contributed by atoms with Crippen LogP contribution in [0, 0.1) is 6.92 Å². The fraction of sp³-hybridized carbons (Fsp3) is 0.308. The molecule has 0 aliphatic carbocycles. The first-order valence-electron chi connectivity index (χ1n) is 6.24. The summed E-state index contributed by atoms with van der Waals surface area (Å²) in [5.41, 5.74) is 0.782. The zero-order valence-corrected chi connectivity index (χ0v) is 13.0. The zero-order chi connectivity index (χ0) is 15.4. The van der Waals surface area contributed by atoms with Gasteiger partial charge in [0.15, 0.2) is 5.82 Å². The highest BCUT2D eigenvalue weighted by Gasteiger charge is 2.13. The molecule has 2 rings (SSSR count). The predicted octanol–water partition coefficient (Wildman–Crippen LogP) is 3.25. The first kappa shape index (κ1) is 15.6. The van der Waals surface area contributed by atoms with Crippen molar-refractivity contribution >= 4 is 29.2 Å². The van der Waals surface area contributed by atoms with E-state index in [2.05, 4.69) is 20.8 Å². The lowest BCUT2D eigenvalue weighted by atomic mass is 10.1. The Labute approximate surface area is 131 Å². The van der Waals surface area contributed by atoms with Crippen LogP contribution in [0.5, 0.6) is 0 Å². The number of benzene rings is 1.